The van der Waals surface area contributed by atoms with E-state index < -0.39 is 15.4 Å². The smallest absolute Gasteiger partial charge is 0.269 e. The monoisotopic (exact) mass is 308 g/mol. The Hall–Kier alpha value is -1.10. The van der Waals surface area contributed by atoms with E-state index >= 15 is 0 Å². The van der Waals surface area contributed by atoms with Gasteiger partial charge in [0.25, 0.3) is 10.0 Å². The minimum atomic E-state index is -3.79. The fraction of sp³-hybridized carbons (Fsp3) is 0.667. The van der Waals surface area contributed by atoms with Gasteiger partial charge in [-0.05, 0) is 0 Å². The van der Waals surface area contributed by atoms with Crippen molar-refractivity contribution < 1.29 is 18.3 Å². The van der Waals surface area contributed by atoms with Crippen LogP contribution in [0.25, 0.3) is 0 Å². The van der Waals surface area contributed by atoms with E-state index in [4.69, 9.17) is 5.11 Å². The molecule has 0 aromatic carbocycles. The summed E-state index contributed by atoms with van der Waals surface area (Å²) in [4.78, 5) is 10.8. The maximum atomic E-state index is 11.9. The number of aliphatic hydroxyl groups excluding tert-OH is 1. The summed E-state index contributed by atoms with van der Waals surface area (Å²) in [5, 5.41) is 18.6. The van der Waals surface area contributed by atoms with Crippen LogP contribution < -0.4 is 10.0 Å². The van der Waals surface area contributed by atoms with Gasteiger partial charge in [-0.3, -0.25) is 4.79 Å². The predicted molar refractivity (Wildman–Crippen MR) is 70.3 cm³/mol. The number of hydrogen-bond donors (Lipinski definition) is 3. The van der Waals surface area contributed by atoms with Crippen LogP contribution in [0.4, 0.5) is 5.13 Å². The van der Waals surface area contributed by atoms with Crippen LogP contribution in [-0.4, -0.2) is 42.8 Å². The van der Waals surface area contributed by atoms with Gasteiger partial charge in [-0.2, -0.15) is 0 Å². The molecule has 0 saturated heterocycles. The Balaban J connectivity index is 2.78. The minimum absolute atomic E-state index is 0.0703. The van der Waals surface area contributed by atoms with Crippen molar-refractivity contribution in [2.45, 2.75) is 25.1 Å². The van der Waals surface area contributed by atoms with Crippen molar-refractivity contribution in [1.29, 1.82) is 0 Å². The Bertz CT molecular complexity index is 552. The zero-order valence-corrected chi connectivity index (χ0v) is 12.4. The van der Waals surface area contributed by atoms with Gasteiger partial charge in [0.05, 0.1) is 0 Å². The van der Waals surface area contributed by atoms with Crippen molar-refractivity contribution >= 4 is 32.4 Å². The minimum Gasteiger partial charge on any atom is -0.396 e. The van der Waals surface area contributed by atoms with Crippen molar-refractivity contribution in [2.75, 3.05) is 18.5 Å². The summed E-state index contributed by atoms with van der Waals surface area (Å²) in [6, 6.07) is 0. The molecule has 1 heterocycles. The van der Waals surface area contributed by atoms with E-state index in [-0.39, 0.29) is 28.5 Å². The van der Waals surface area contributed by atoms with Crippen molar-refractivity contribution in [2.24, 2.45) is 5.41 Å². The molecule has 1 aromatic rings. The van der Waals surface area contributed by atoms with E-state index in [1.54, 1.807) is 13.8 Å². The van der Waals surface area contributed by atoms with Crippen LogP contribution in [-0.2, 0) is 14.8 Å². The first-order valence-electron chi connectivity index (χ1n) is 5.38. The van der Waals surface area contributed by atoms with Crippen LogP contribution in [0.3, 0.4) is 0 Å². The third-order valence-corrected chi connectivity index (χ3v) is 4.70. The summed E-state index contributed by atoms with van der Waals surface area (Å²) >= 11 is 0.759. The molecule has 0 spiro atoms. The lowest BCUT2D eigenvalue weighted by atomic mass is 9.96. The maximum absolute atomic E-state index is 11.9. The Morgan fingerprint density at radius 2 is 2.05 bits per heavy atom. The molecule has 0 unspecified atom stereocenters. The highest BCUT2D eigenvalue weighted by molar-refractivity contribution is 7.91. The van der Waals surface area contributed by atoms with Gasteiger partial charge in [0, 0.05) is 25.5 Å². The number of anilines is 1. The summed E-state index contributed by atoms with van der Waals surface area (Å²) < 4.78 is 25.9. The molecule has 0 radical (unpaired) electrons. The number of rotatable bonds is 6. The molecule has 0 saturated carbocycles. The first kappa shape index (κ1) is 16.0. The van der Waals surface area contributed by atoms with Crippen molar-refractivity contribution in [1.82, 2.24) is 14.9 Å². The highest BCUT2D eigenvalue weighted by Gasteiger charge is 2.24. The molecular formula is C9H16N4O4S2. The Morgan fingerprint density at radius 1 is 1.42 bits per heavy atom. The second kappa shape index (κ2) is 5.90. The van der Waals surface area contributed by atoms with Crippen LogP contribution in [0, 0.1) is 5.41 Å². The third-order valence-electron chi connectivity index (χ3n) is 2.09. The lowest BCUT2D eigenvalue weighted by Crippen LogP contribution is -2.36. The van der Waals surface area contributed by atoms with Crippen LogP contribution in [0.15, 0.2) is 4.34 Å². The van der Waals surface area contributed by atoms with Gasteiger partial charge in [-0.25, -0.2) is 13.1 Å². The molecule has 0 fully saturated rings. The van der Waals surface area contributed by atoms with Crippen molar-refractivity contribution in [3.8, 4) is 0 Å². The molecule has 0 aliphatic heterocycles. The second-order valence-corrected chi connectivity index (χ2v) is 7.62. The molecule has 0 aliphatic carbocycles. The zero-order valence-electron chi connectivity index (χ0n) is 10.8. The summed E-state index contributed by atoms with van der Waals surface area (Å²) in [6.07, 6.45) is 0. The topological polar surface area (TPSA) is 121 Å². The molecular weight excluding hydrogens is 292 g/mol. The van der Waals surface area contributed by atoms with E-state index in [9.17, 15) is 13.2 Å². The molecule has 8 nitrogen and oxygen atoms in total. The average Bonchev–Trinajstić information content (AvgIpc) is 2.75. The molecule has 0 atom stereocenters. The van der Waals surface area contributed by atoms with E-state index in [1.807, 2.05) is 0 Å². The van der Waals surface area contributed by atoms with Crippen LogP contribution >= 0.6 is 11.3 Å². The highest BCUT2D eigenvalue weighted by atomic mass is 32.2. The van der Waals surface area contributed by atoms with Gasteiger partial charge < -0.3 is 10.4 Å². The highest BCUT2D eigenvalue weighted by Crippen LogP contribution is 2.20. The van der Waals surface area contributed by atoms with E-state index in [1.165, 1.54) is 6.92 Å². The number of aliphatic hydroxyl groups is 1. The first-order valence-corrected chi connectivity index (χ1v) is 7.68. The van der Waals surface area contributed by atoms with Crippen LogP contribution in [0.1, 0.15) is 20.8 Å². The van der Waals surface area contributed by atoms with Gasteiger partial charge in [0.2, 0.25) is 15.4 Å². The fourth-order valence-electron chi connectivity index (χ4n) is 0.927. The molecule has 0 aliphatic rings. The zero-order chi connectivity index (χ0) is 14.7. The molecule has 108 valence electrons. The number of hydrogen-bond acceptors (Lipinski definition) is 7. The lowest BCUT2D eigenvalue weighted by Gasteiger charge is -2.21. The largest absolute Gasteiger partial charge is 0.396 e. The van der Waals surface area contributed by atoms with Crippen LogP contribution in [0.2, 0.25) is 0 Å². The quantitative estimate of drug-likeness (QED) is 0.625. The number of nitrogens with one attached hydrogen (secondary N) is 2. The summed E-state index contributed by atoms with van der Waals surface area (Å²) in [6.45, 7) is 4.65. The number of sulfonamides is 1. The van der Waals surface area contributed by atoms with E-state index in [0.29, 0.717) is 0 Å². The predicted octanol–water partition coefficient (Wildman–Crippen LogP) is -0.207. The molecule has 19 heavy (non-hydrogen) atoms. The maximum Gasteiger partial charge on any atom is 0.269 e. The normalized spacial score (nSPS) is 12.4. The SMILES string of the molecule is CC(=O)Nc1nnc(S(=O)(=O)NCC(C)(C)CO)s1. The van der Waals surface area contributed by atoms with Gasteiger partial charge in [0.1, 0.15) is 0 Å². The number of amides is 1. The third kappa shape index (κ3) is 4.82. The standard InChI is InChI=1S/C9H16N4O4S2/c1-6(15)11-7-12-13-8(18-7)19(16,17)10-4-9(2,3)5-14/h10,14H,4-5H2,1-3H3,(H,11,12,15). The summed E-state index contributed by atoms with van der Waals surface area (Å²) in [7, 11) is -3.79. The Labute approximate surface area is 115 Å². The first-order chi connectivity index (χ1) is 8.66. The van der Waals surface area contributed by atoms with E-state index in [0.717, 1.165) is 11.3 Å². The molecule has 3 N–H and O–H groups in total. The lowest BCUT2D eigenvalue weighted by molar-refractivity contribution is -0.114. The molecule has 0 bridgehead atoms. The number of carbonyl (C=O) groups excluding carboxylic acids is 1. The fourth-order valence-corrected chi connectivity index (χ4v) is 3.16. The molecule has 1 rings (SSSR count). The average molecular weight is 308 g/mol. The molecule has 1 amide bonds. The van der Waals surface area contributed by atoms with E-state index in [2.05, 4.69) is 20.2 Å². The van der Waals surface area contributed by atoms with Crippen LogP contribution in [0.5, 0.6) is 0 Å². The Kier molecular flexibility index (Phi) is 4.96. The van der Waals surface area contributed by atoms with Gasteiger partial charge in [-0.1, -0.05) is 25.2 Å². The Morgan fingerprint density at radius 3 is 2.58 bits per heavy atom. The van der Waals surface area contributed by atoms with Crippen molar-refractivity contribution in [3.63, 3.8) is 0 Å². The number of carbonyl (C=O) groups is 1. The van der Waals surface area contributed by atoms with Gasteiger partial charge >= 0.3 is 0 Å². The summed E-state index contributed by atoms with van der Waals surface area (Å²) in [5.41, 5.74) is -0.571. The molecule has 10 heteroatoms. The summed E-state index contributed by atoms with van der Waals surface area (Å²) in [5.74, 6) is -0.352. The van der Waals surface area contributed by atoms with Crippen molar-refractivity contribution in [3.05, 3.63) is 0 Å². The number of aromatic nitrogens is 2. The second-order valence-electron chi connectivity index (χ2n) is 4.70. The molecule has 1 aromatic heterocycles. The van der Waals surface area contributed by atoms with Gasteiger partial charge in [-0.15, -0.1) is 10.2 Å². The number of nitrogens with zero attached hydrogens (tertiary/aromatic N) is 2. The van der Waals surface area contributed by atoms with Gasteiger partial charge in [0.15, 0.2) is 0 Å².